The fourth-order valence-electron chi connectivity index (χ4n) is 3.47. The zero-order chi connectivity index (χ0) is 21.4. The van der Waals surface area contributed by atoms with Crippen LogP contribution in [0.1, 0.15) is 27.7 Å². The van der Waals surface area contributed by atoms with Crippen LogP contribution in [0.4, 0.5) is 5.13 Å². The van der Waals surface area contributed by atoms with E-state index in [-0.39, 0.29) is 5.91 Å². The summed E-state index contributed by atoms with van der Waals surface area (Å²) in [6, 6.07) is 17.9. The number of fused-ring (bicyclic) bond motifs is 2. The molecule has 0 N–H and O–H groups in total. The second-order valence-electron chi connectivity index (χ2n) is 7.15. The molecule has 0 radical (unpaired) electrons. The first kappa shape index (κ1) is 20.1. The summed E-state index contributed by atoms with van der Waals surface area (Å²) in [5.74, 6) is -0.148. The maximum absolute atomic E-state index is 13.7. The Bertz CT molecular complexity index is 1390. The predicted octanol–water partition coefficient (Wildman–Crippen LogP) is 6.97. The summed E-state index contributed by atoms with van der Waals surface area (Å²) in [5.41, 5.74) is 3.07. The second kappa shape index (κ2) is 8.38. The number of thiazole rings is 1. The maximum Gasteiger partial charge on any atom is 0.272 e. The summed E-state index contributed by atoms with van der Waals surface area (Å²) in [6.45, 7) is 2.50. The predicted molar refractivity (Wildman–Crippen MR) is 131 cm³/mol. The van der Waals surface area contributed by atoms with Crippen LogP contribution in [0.25, 0.3) is 20.3 Å². The highest BCUT2D eigenvalue weighted by Gasteiger charge is 2.26. The lowest BCUT2D eigenvalue weighted by atomic mass is 10.2. The number of hydrogen-bond donors (Lipinski definition) is 0. The van der Waals surface area contributed by atoms with Gasteiger partial charge in [0, 0.05) is 22.5 Å². The Morgan fingerprint density at radius 3 is 2.68 bits per heavy atom. The zero-order valence-electron chi connectivity index (χ0n) is 16.7. The highest BCUT2D eigenvalue weighted by molar-refractivity contribution is 7.23. The molecule has 5 rings (SSSR count). The summed E-state index contributed by atoms with van der Waals surface area (Å²) in [6.07, 6.45) is 4.46. The van der Waals surface area contributed by atoms with Crippen LogP contribution in [0.2, 0.25) is 5.02 Å². The van der Waals surface area contributed by atoms with Gasteiger partial charge in [-0.15, -0.1) is 11.3 Å². The molecule has 0 fully saturated rings. The van der Waals surface area contributed by atoms with E-state index < -0.39 is 0 Å². The second-order valence-corrected chi connectivity index (χ2v) is 9.59. The lowest BCUT2D eigenvalue weighted by Crippen LogP contribution is -2.30. The Hall–Kier alpha value is -2.80. The van der Waals surface area contributed by atoms with Crippen LogP contribution in [0.5, 0.6) is 0 Å². The van der Waals surface area contributed by atoms with Gasteiger partial charge in [0.05, 0.1) is 21.8 Å². The normalized spacial score (nSPS) is 11.3. The van der Waals surface area contributed by atoms with Gasteiger partial charge in [-0.3, -0.25) is 14.7 Å². The molecule has 2 aromatic carbocycles. The van der Waals surface area contributed by atoms with E-state index in [4.69, 9.17) is 16.6 Å². The van der Waals surface area contributed by atoms with E-state index in [1.165, 1.54) is 28.2 Å². The van der Waals surface area contributed by atoms with Crippen molar-refractivity contribution >= 4 is 65.6 Å². The first-order chi connectivity index (χ1) is 15.1. The van der Waals surface area contributed by atoms with Crippen molar-refractivity contribution in [3.05, 3.63) is 88.0 Å². The first-order valence-electron chi connectivity index (χ1n) is 9.91. The molecule has 5 aromatic rings. The smallest absolute Gasteiger partial charge is 0.272 e. The number of thiophene rings is 1. The molecular formula is C24H18ClN3OS2. The van der Waals surface area contributed by atoms with Gasteiger partial charge in [-0.05, 0) is 41.8 Å². The molecule has 0 aliphatic carbocycles. The van der Waals surface area contributed by atoms with E-state index in [9.17, 15) is 4.79 Å². The molecule has 4 nitrogen and oxygen atoms in total. The summed E-state index contributed by atoms with van der Waals surface area (Å²) < 4.78 is 2.06. The summed E-state index contributed by atoms with van der Waals surface area (Å²) in [4.78, 5) is 25.0. The SMILES string of the molecule is CCc1ccc2nc(N(Cc3cccnc3)C(=O)c3sc4ccccc4c3Cl)sc2c1. The fraction of sp³-hybridized carbons (Fsp3) is 0.125. The van der Waals surface area contributed by atoms with Crippen molar-refractivity contribution in [1.29, 1.82) is 0 Å². The van der Waals surface area contributed by atoms with Gasteiger partial charge >= 0.3 is 0 Å². The molecule has 0 unspecified atom stereocenters. The Morgan fingerprint density at radius 2 is 1.90 bits per heavy atom. The molecule has 0 spiro atoms. The third-order valence-electron chi connectivity index (χ3n) is 5.12. The van der Waals surface area contributed by atoms with Crippen molar-refractivity contribution in [3.8, 4) is 0 Å². The highest BCUT2D eigenvalue weighted by Crippen LogP contribution is 2.38. The van der Waals surface area contributed by atoms with E-state index in [0.29, 0.717) is 21.6 Å². The highest BCUT2D eigenvalue weighted by atomic mass is 35.5. The van der Waals surface area contributed by atoms with Gasteiger partial charge < -0.3 is 0 Å². The van der Waals surface area contributed by atoms with Gasteiger partial charge in [0.2, 0.25) is 0 Å². The number of anilines is 1. The molecule has 7 heteroatoms. The van der Waals surface area contributed by atoms with Crippen molar-refractivity contribution in [3.63, 3.8) is 0 Å². The monoisotopic (exact) mass is 463 g/mol. The average molecular weight is 464 g/mol. The van der Waals surface area contributed by atoms with Gasteiger partial charge in [0.15, 0.2) is 5.13 Å². The van der Waals surface area contributed by atoms with E-state index in [1.54, 1.807) is 17.3 Å². The molecule has 0 aliphatic rings. The fourth-order valence-corrected chi connectivity index (χ4v) is 5.95. The Morgan fingerprint density at radius 1 is 1.03 bits per heavy atom. The van der Waals surface area contributed by atoms with Crippen molar-refractivity contribution in [2.75, 3.05) is 4.90 Å². The van der Waals surface area contributed by atoms with Crippen LogP contribution >= 0.6 is 34.3 Å². The van der Waals surface area contributed by atoms with Gasteiger partial charge in [0.1, 0.15) is 4.88 Å². The number of hydrogen-bond acceptors (Lipinski definition) is 5. The molecule has 154 valence electrons. The minimum atomic E-state index is -0.148. The number of aromatic nitrogens is 2. The van der Waals surface area contributed by atoms with Crippen LogP contribution in [-0.2, 0) is 13.0 Å². The molecule has 3 heterocycles. The lowest BCUT2D eigenvalue weighted by Gasteiger charge is -2.19. The Balaban J connectivity index is 1.61. The first-order valence-corrected chi connectivity index (χ1v) is 11.9. The number of halogens is 1. The molecule has 3 aromatic heterocycles. The minimum absolute atomic E-state index is 0.148. The number of rotatable bonds is 5. The van der Waals surface area contributed by atoms with E-state index in [2.05, 4.69) is 24.0 Å². The van der Waals surface area contributed by atoms with E-state index >= 15 is 0 Å². The number of aryl methyl sites for hydroxylation is 1. The van der Waals surface area contributed by atoms with Crippen LogP contribution in [0, 0.1) is 0 Å². The van der Waals surface area contributed by atoms with Crippen LogP contribution in [-0.4, -0.2) is 15.9 Å². The average Bonchev–Trinajstić information content (AvgIpc) is 3.38. The topological polar surface area (TPSA) is 46.1 Å². The maximum atomic E-state index is 13.7. The minimum Gasteiger partial charge on any atom is -0.279 e. The van der Waals surface area contributed by atoms with Crippen molar-refractivity contribution in [2.45, 2.75) is 19.9 Å². The lowest BCUT2D eigenvalue weighted by molar-refractivity contribution is 0.0989. The van der Waals surface area contributed by atoms with E-state index in [1.807, 2.05) is 42.5 Å². The van der Waals surface area contributed by atoms with Crippen LogP contribution < -0.4 is 4.90 Å². The number of carbonyl (C=O) groups is 1. The number of amides is 1. The van der Waals surface area contributed by atoms with Gasteiger partial charge in [-0.25, -0.2) is 4.98 Å². The molecule has 0 aliphatic heterocycles. The number of nitrogens with zero attached hydrogens (tertiary/aromatic N) is 3. The molecule has 0 saturated heterocycles. The number of carbonyl (C=O) groups excluding carboxylic acids is 1. The van der Waals surface area contributed by atoms with Crippen LogP contribution in [0.3, 0.4) is 0 Å². The molecular weight excluding hydrogens is 446 g/mol. The van der Waals surface area contributed by atoms with Gasteiger partial charge in [-0.2, -0.15) is 0 Å². The van der Waals surface area contributed by atoms with Crippen LogP contribution in [0.15, 0.2) is 67.0 Å². The number of pyridine rings is 1. The van der Waals surface area contributed by atoms with Gasteiger partial charge in [0.25, 0.3) is 5.91 Å². The third kappa shape index (κ3) is 3.83. The van der Waals surface area contributed by atoms with E-state index in [0.717, 1.165) is 32.3 Å². The van der Waals surface area contributed by atoms with Crippen molar-refractivity contribution in [1.82, 2.24) is 9.97 Å². The van der Waals surface area contributed by atoms with Crippen molar-refractivity contribution in [2.24, 2.45) is 0 Å². The van der Waals surface area contributed by atoms with Crippen molar-refractivity contribution < 1.29 is 4.79 Å². The van der Waals surface area contributed by atoms with Gasteiger partial charge in [-0.1, -0.05) is 60.2 Å². The molecule has 0 saturated carbocycles. The summed E-state index contributed by atoms with van der Waals surface area (Å²) in [7, 11) is 0. The zero-order valence-corrected chi connectivity index (χ0v) is 19.1. The largest absolute Gasteiger partial charge is 0.279 e. The molecule has 0 atom stereocenters. The third-order valence-corrected chi connectivity index (χ3v) is 7.82. The summed E-state index contributed by atoms with van der Waals surface area (Å²) >= 11 is 9.58. The summed E-state index contributed by atoms with van der Waals surface area (Å²) in [5, 5.41) is 2.05. The molecule has 31 heavy (non-hydrogen) atoms. The Labute approximate surface area is 192 Å². The number of benzene rings is 2. The molecule has 0 bridgehead atoms. The quantitative estimate of drug-likeness (QED) is 0.282. The standard InChI is InChI=1S/C24H18ClN3OS2/c1-2-15-9-10-18-20(12-15)31-24(27-18)28(14-16-6-5-11-26-13-16)23(29)22-21(25)17-7-3-4-8-19(17)30-22/h3-13H,2,14H2,1H3. The molecule has 1 amide bonds. The Kier molecular flexibility index (Phi) is 5.44.